The van der Waals surface area contributed by atoms with Crippen molar-refractivity contribution in [2.45, 2.75) is 44.2 Å². The van der Waals surface area contributed by atoms with E-state index in [2.05, 4.69) is 14.6 Å². The van der Waals surface area contributed by atoms with E-state index in [1.807, 2.05) is 13.8 Å². The van der Waals surface area contributed by atoms with Gasteiger partial charge in [0.1, 0.15) is 23.2 Å². The van der Waals surface area contributed by atoms with E-state index in [1.165, 1.54) is 36.4 Å². The van der Waals surface area contributed by atoms with Crippen molar-refractivity contribution in [3.05, 3.63) is 59.9 Å². The second-order valence-corrected chi connectivity index (χ2v) is 11.9. The lowest BCUT2D eigenvalue weighted by molar-refractivity contribution is 0.0981. The molecule has 2 unspecified atom stereocenters. The van der Waals surface area contributed by atoms with Crippen LogP contribution in [0, 0.1) is 17.7 Å². The molecule has 38 heavy (non-hydrogen) atoms. The normalized spacial score (nSPS) is 18.7. The van der Waals surface area contributed by atoms with Crippen LogP contribution in [0.25, 0.3) is 11.3 Å². The lowest BCUT2D eigenvalue weighted by Crippen LogP contribution is -2.37. The van der Waals surface area contributed by atoms with Gasteiger partial charge in [0, 0.05) is 24.2 Å². The molecule has 2 fully saturated rings. The van der Waals surface area contributed by atoms with Crippen molar-refractivity contribution in [2.24, 2.45) is 11.8 Å². The first-order valence-corrected chi connectivity index (χ1v) is 14.1. The number of anilines is 2. The third-order valence-corrected chi connectivity index (χ3v) is 8.03. The van der Waals surface area contributed by atoms with E-state index in [0.717, 1.165) is 25.8 Å². The van der Waals surface area contributed by atoms with Crippen LogP contribution in [0.15, 0.2) is 53.6 Å². The quantitative estimate of drug-likeness (QED) is 0.440. The molecule has 1 saturated heterocycles. The van der Waals surface area contributed by atoms with Gasteiger partial charge in [0.15, 0.2) is 5.03 Å². The number of halogens is 1. The van der Waals surface area contributed by atoms with E-state index in [-0.39, 0.29) is 28.4 Å². The topological polar surface area (TPSA) is 128 Å². The number of carbonyl (C=O) groups is 1. The number of nitrogens with two attached hydrogens (primary N) is 1. The maximum absolute atomic E-state index is 14.5. The Balaban J connectivity index is 1.51. The number of nitrogens with zero attached hydrogens (tertiary/aromatic N) is 3. The van der Waals surface area contributed by atoms with Gasteiger partial charge in [0.25, 0.3) is 15.9 Å². The minimum absolute atomic E-state index is 0.0203. The molecule has 2 bridgehead atoms. The number of sulfonamides is 1. The maximum atomic E-state index is 14.5. The van der Waals surface area contributed by atoms with E-state index in [0.29, 0.717) is 35.3 Å². The van der Waals surface area contributed by atoms with Crippen molar-refractivity contribution in [3.8, 4) is 17.0 Å². The molecule has 3 N–H and O–H groups in total. The van der Waals surface area contributed by atoms with Crippen LogP contribution in [0.2, 0.25) is 0 Å². The highest BCUT2D eigenvalue weighted by molar-refractivity contribution is 7.90. The number of aromatic nitrogens is 2. The number of fused-ring (bicyclic) bond motifs is 2. The molecule has 3 aromatic rings. The number of ether oxygens (including phenoxy) is 1. The molecule has 9 nitrogen and oxygen atoms in total. The Morgan fingerprint density at radius 2 is 2.00 bits per heavy atom. The van der Waals surface area contributed by atoms with Gasteiger partial charge >= 0.3 is 0 Å². The lowest BCUT2D eigenvalue weighted by Gasteiger charge is -2.30. The molecular weight excluding hydrogens is 509 g/mol. The molecule has 5 rings (SSSR count). The third-order valence-electron chi connectivity index (χ3n) is 6.80. The van der Waals surface area contributed by atoms with Gasteiger partial charge in [-0.3, -0.25) is 4.79 Å². The van der Waals surface area contributed by atoms with Crippen molar-refractivity contribution in [3.63, 3.8) is 0 Å². The molecule has 1 aliphatic carbocycles. The van der Waals surface area contributed by atoms with Gasteiger partial charge in [-0.05, 0) is 67.5 Å². The van der Waals surface area contributed by atoms with E-state index >= 15 is 0 Å². The number of pyridine rings is 2. The predicted molar refractivity (Wildman–Crippen MR) is 142 cm³/mol. The largest absolute Gasteiger partial charge is 0.493 e. The molecule has 1 amide bonds. The highest BCUT2D eigenvalue weighted by Gasteiger charge is 2.40. The van der Waals surface area contributed by atoms with Gasteiger partial charge in [-0.15, -0.1) is 0 Å². The second kappa shape index (κ2) is 10.2. The zero-order chi connectivity index (χ0) is 27.0. The van der Waals surface area contributed by atoms with Gasteiger partial charge in [0.05, 0.1) is 17.9 Å². The summed E-state index contributed by atoms with van der Waals surface area (Å²) in [6, 6.07) is 11.9. The molecule has 11 heteroatoms. The van der Waals surface area contributed by atoms with Gasteiger partial charge in [-0.2, -0.15) is 8.42 Å². The summed E-state index contributed by atoms with van der Waals surface area (Å²) in [6.07, 6.45) is 3.07. The molecule has 0 radical (unpaired) electrons. The molecule has 2 aromatic heterocycles. The fraction of sp³-hybridized carbons (Fsp3) is 0.370. The first kappa shape index (κ1) is 25.9. The van der Waals surface area contributed by atoms with Crippen LogP contribution in [0.3, 0.4) is 0 Å². The average molecular weight is 540 g/mol. The Morgan fingerprint density at radius 3 is 2.68 bits per heavy atom. The van der Waals surface area contributed by atoms with Crippen molar-refractivity contribution in [1.29, 1.82) is 0 Å². The summed E-state index contributed by atoms with van der Waals surface area (Å²) in [5.41, 5.74) is 6.69. The summed E-state index contributed by atoms with van der Waals surface area (Å²) in [7, 11) is -4.27. The minimum Gasteiger partial charge on any atom is -0.493 e. The number of nitrogen functional groups attached to an aromatic ring is 1. The molecule has 2 aliphatic rings. The Bertz CT molecular complexity index is 1480. The third kappa shape index (κ3) is 5.42. The number of rotatable bonds is 8. The van der Waals surface area contributed by atoms with Crippen LogP contribution in [0.5, 0.6) is 5.75 Å². The van der Waals surface area contributed by atoms with Crippen LogP contribution in [-0.2, 0) is 10.0 Å². The van der Waals surface area contributed by atoms with Gasteiger partial charge < -0.3 is 15.4 Å². The number of benzene rings is 1. The first-order chi connectivity index (χ1) is 18.1. The fourth-order valence-corrected chi connectivity index (χ4v) is 6.00. The fourth-order valence-electron chi connectivity index (χ4n) is 5.06. The Kier molecular flexibility index (Phi) is 6.95. The number of amides is 1. The Labute approximate surface area is 221 Å². The van der Waals surface area contributed by atoms with Crippen molar-refractivity contribution in [1.82, 2.24) is 14.7 Å². The zero-order valence-corrected chi connectivity index (χ0v) is 22.0. The van der Waals surface area contributed by atoms with Crippen LogP contribution in [0.4, 0.5) is 16.0 Å². The number of piperidine rings is 1. The van der Waals surface area contributed by atoms with Crippen LogP contribution >= 0.6 is 0 Å². The summed E-state index contributed by atoms with van der Waals surface area (Å²) in [4.78, 5) is 24.0. The smallest absolute Gasteiger partial charge is 0.281 e. The summed E-state index contributed by atoms with van der Waals surface area (Å²) >= 11 is 0. The van der Waals surface area contributed by atoms with Crippen LogP contribution in [0.1, 0.15) is 43.5 Å². The van der Waals surface area contributed by atoms with Crippen molar-refractivity contribution < 1.29 is 22.3 Å². The number of hydrogen-bond donors (Lipinski definition) is 2. The SMILES string of the molecule is CC(C)COc1cc(F)cc(-c2ccc(C(=O)NS(=O)(=O)c3cccc(N)n3)c(N3CC4CCC3C4)n2)c1. The van der Waals surface area contributed by atoms with E-state index in [9.17, 15) is 17.6 Å². The van der Waals surface area contributed by atoms with Crippen molar-refractivity contribution >= 4 is 27.6 Å². The second-order valence-electron chi connectivity index (χ2n) is 10.3. The summed E-state index contributed by atoms with van der Waals surface area (Å²) < 4.78 is 48.0. The molecular formula is C27H30FN5O4S. The average Bonchev–Trinajstić information content (AvgIpc) is 3.51. The number of carbonyl (C=O) groups excluding carboxylic acids is 1. The molecule has 2 atom stereocenters. The lowest BCUT2D eigenvalue weighted by atomic mass is 10.1. The minimum atomic E-state index is -4.27. The van der Waals surface area contributed by atoms with Crippen LogP contribution < -0.4 is 20.1 Å². The number of nitrogens with one attached hydrogen (secondary N) is 1. The summed E-state index contributed by atoms with van der Waals surface area (Å²) in [6.45, 7) is 5.17. The molecule has 200 valence electrons. The molecule has 3 heterocycles. The highest BCUT2D eigenvalue weighted by Crippen LogP contribution is 2.41. The van der Waals surface area contributed by atoms with Crippen molar-refractivity contribution in [2.75, 3.05) is 23.8 Å². The first-order valence-electron chi connectivity index (χ1n) is 12.6. The molecule has 1 saturated carbocycles. The Morgan fingerprint density at radius 1 is 1.18 bits per heavy atom. The Hall–Kier alpha value is -3.73. The van der Waals surface area contributed by atoms with E-state index < -0.39 is 21.7 Å². The van der Waals surface area contributed by atoms with Gasteiger partial charge in [-0.1, -0.05) is 19.9 Å². The van der Waals surface area contributed by atoms with E-state index in [4.69, 9.17) is 15.5 Å². The molecule has 1 aliphatic heterocycles. The highest BCUT2D eigenvalue weighted by atomic mass is 32.2. The molecule has 1 aromatic carbocycles. The maximum Gasteiger partial charge on any atom is 0.281 e. The van der Waals surface area contributed by atoms with Gasteiger partial charge in [0.2, 0.25) is 0 Å². The number of hydrogen-bond acceptors (Lipinski definition) is 8. The van der Waals surface area contributed by atoms with Crippen LogP contribution in [-0.4, -0.2) is 43.5 Å². The summed E-state index contributed by atoms with van der Waals surface area (Å²) in [5.74, 6) is 0.252. The standard InChI is InChI=1S/C27H30FN5O4S/c1-16(2)15-37-21-12-18(11-19(28)13-21)23-9-8-22(26(30-23)33-14-17-6-7-20(33)10-17)27(34)32-38(35,36)25-5-3-4-24(29)31-25/h3-5,8-9,11-13,16-17,20H,6-7,10,14-15H2,1-2H3,(H2,29,31)(H,32,34). The van der Waals surface area contributed by atoms with Gasteiger partial charge in [-0.25, -0.2) is 19.1 Å². The monoisotopic (exact) mass is 539 g/mol. The zero-order valence-electron chi connectivity index (χ0n) is 21.2. The predicted octanol–water partition coefficient (Wildman–Crippen LogP) is 4.01. The van der Waals surface area contributed by atoms with E-state index in [1.54, 1.807) is 12.1 Å². The molecule has 0 spiro atoms. The summed E-state index contributed by atoms with van der Waals surface area (Å²) in [5, 5.41) is -0.356.